The number of nitrogens with zero attached hydrogens (tertiary/aromatic N) is 3. The van der Waals surface area contributed by atoms with Crippen LogP contribution in [0.25, 0.3) is 11.0 Å². The molecule has 1 saturated carbocycles. The van der Waals surface area contributed by atoms with Gasteiger partial charge in [-0.15, -0.1) is 0 Å². The summed E-state index contributed by atoms with van der Waals surface area (Å²) in [7, 11) is 1.62. The van der Waals surface area contributed by atoms with Gasteiger partial charge in [0.15, 0.2) is 5.65 Å². The van der Waals surface area contributed by atoms with E-state index >= 15 is 0 Å². The molecular formula is C19H20N4O2. The second kappa shape index (κ2) is 6.20. The molecule has 1 fully saturated rings. The molecule has 0 bridgehead atoms. The molecule has 0 saturated heterocycles. The number of fused-ring (bicyclic) bond motifs is 1. The molecule has 128 valence electrons. The van der Waals surface area contributed by atoms with Gasteiger partial charge in [-0.05, 0) is 50.1 Å². The van der Waals surface area contributed by atoms with Gasteiger partial charge in [0, 0.05) is 23.8 Å². The quantitative estimate of drug-likeness (QED) is 0.773. The molecule has 6 heteroatoms. The minimum Gasteiger partial charge on any atom is -0.497 e. The smallest absolute Gasteiger partial charge is 0.256 e. The van der Waals surface area contributed by atoms with Crippen LogP contribution in [0.4, 0.5) is 5.69 Å². The summed E-state index contributed by atoms with van der Waals surface area (Å²) in [5.74, 6) is 1.08. The Labute approximate surface area is 145 Å². The summed E-state index contributed by atoms with van der Waals surface area (Å²) in [6.45, 7) is 2.75. The first-order valence-corrected chi connectivity index (χ1v) is 8.51. The van der Waals surface area contributed by atoms with Crippen molar-refractivity contribution >= 4 is 22.6 Å². The van der Waals surface area contributed by atoms with E-state index in [1.807, 2.05) is 41.9 Å². The van der Waals surface area contributed by atoms with E-state index in [1.54, 1.807) is 13.3 Å². The zero-order valence-corrected chi connectivity index (χ0v) is 14.3. The lowest BCUT2D eigenvalue weighted by Gasteiger charge is -2.09. The predicted molar refractivity (Wildman–Crippen MR) is 96.1 cm³/mol. The SMILES string of the molecule is CCn1ncc2c(C(=O)Nc3ccc(OC)cc3)cc(C3CC3)nc21. The lowest BCUT2D eigenvalue weighted by atomic mass is 10.1. The van der Waals surface area contributed by atoms with Crippen molar-refractivity contribution in [2.24, 2.45) is 0 Å². The maximum absolute atomic E-state index is 12.9. The Hall–Kier alpha value is -2.89. The molecule has 4 rings (SSSR count). The molecule has 1 aliphatic rings. The fourth-order valence-electron chi connectivity index (χ4n) is 2.95. The fraction of sp³-hybridized carbons (Fsp3) is 0.316. The van der Waals surface area contributed by atoms with Crippen LogP contribution in [0.3, 0.4) is 0 Å². The molecule has 0 atom stereocenters. The second-order valence-corrected chi connectivity index (χ2v) is 6.25. The minimum absolute atomic E-state index is 0.143. The lowest BCUT2D eigenvalue weighted by Crippen LogP contribution is -2.13. The zero-order chi connectivity index (χ0) is 17.4. The number of pyridine rings is 1. The van der Waals surface area contributed by atoms with Gasteiger partial charge >= 0.3 is 0 Å². The van der Waals surface area contributed by atoms with Crippen LogP contribution in [-0.2, 0) is 6.54 Å². The van der Waals surface area contributed by atoms with Crippen molar-refractivity contribution in [3.05, 3.63) is 47.8 Å². The summed E-state index contributed by atoms with van der Waals surface area (Å²) < 4.78 is 6.99. The average molecular weight is 336 g/mol. The lowest BCUT2D eigenvalue weighted by molar-refractivity contribution is 0.102. The molecule has 2 aromatic heterocycles. The highest BCUT2D eigenvalue weighted by molar-refractivity contribution is 6.12. The van der Waals surface area contributed by atoms with Crippen molar-refractivity contribution in [3.63, 3.8) is 0 Å². The van der Waals surface area contributed by atoms with E-state index in [0.717, 1.165) is 47.6 Å². The molecule has 1 aromatic carbocycles. The first kappa shape index (κ1) is 15.6. The van der Waals surface area contributed by atoms with E-state index < -0.39 is 0 Å². The third kappa shape index (κ3) is 2.95. The summed E-state index contributed by atoms with van der Waals surface area (Å²) in [6.07, 6.45) is 4.00. The van der Waals surface area contributed by atoms with E-state index in [1.165, 1.54) is 0 Å². The summed E-state index contributed by atoms with van der Waals surface area (Å²) in [6, 6.07) is 9.21. The molecule has 0 radical (unpaired) electrons. The van der Waals surface area contributed by atoms with E-state index in [2.05, 4.69) is 10.4 Å². The van der Waals surface area contributed by atoms with Crippen LogP contribution in [0, 0.1) is 0 Å². The first-order chi connectivity index (χ1) is 12.2. The number of amides is 1. The van der Waals surface area contributed by atoms with Crippen LogP contribution in [0.15, 0.2) is 36.5 Å². The molecular weight excluding hydrogens is 316 g/mol. The highest BCUT2D eigenvalue weighted by atomic mass is 16.5. The van der Waals surface area contributed by atoms with Crippen LogP contribution in [-0.4, -0.2) is 27.8 Å². The molecule has 6 nitrogen and oxygen atoms in total. The summed E-state index contributed by atoms with van der Waals surface area (Å²) in [4.78, 5) is 17.6. The van der Waals surface area contributed by atoms with Crippen molar-refractivity contribution < 1.29 is 9.53 Å². The number of ether oxygens (including phenoxy) is 1. The highest BCUT2D eigenvalue weighted by Gasteiger charge is 2.28. The summed E-state index contributed by atoms with van der Waals surface area (Å²) in [5, 5.41) is 8.11. The van der Waals surface area contributed by atoms with Crippen molar-refractivity contribution in [1.82, 2.24) is 14.8 Å². The standard InChI is InChI=1S/C19H20N4O2/c1-3-23-18-16(11-20-23)15(10-17(22-18)12-4-5-12)19(24)21-13-6-8-14(25-2)9-7-13/h6-12H,3-5H2,1-2H3,(H,21,24). The molecule has 0 unspecified atom stereocenters. The Morgan fingerprint density at radius 2 is 2.08 bits per heavy atom. The highest BCUT2D eigenvalue weighted by Crippen LogP contribution is 2.40. The largest absolute Gasteiger partial charge is 0.497 e. The van der Waals surface area contributed by atoms with Crippen LogP contribution >= 0.6 is 0 Å². The summed E-state index contributed by atoms with van der Waals surface area (Å²) >= 11 is 0. The monoisotopic (exact) mass is 336 g/mol. The van der Waals surface area contributed by atoms with Crippen LogP contribution in [0.5, 0.6) is 5.75 Å². The number of hydrogen-bond donors (Lipinski definition) is 1. The van der Waals surface area contributed by atoms with Gasteiger partial charge < -0.3 is 10.1 Å². The van der Waals surface area contributed by atoms with Gasteiger partial charge in [0.1, 0.15) is 5.75 Å². The Balaban J connectivity index is 1.71. The maximum Gasteiger partial charge on any atom is 0.256 e. The number of aromatic nitrogens is 3. The number of benzene rings is 1. The van der Waals surface area contributed by atoms with Crippen LogP contribution in [0.1, 0.15) is 41.7 Å². The topological polar surface area (TPSA) is 69.0 Å². The van der Waals surface area contributed by atoms with Crippen LogP contribution in [0.2, 0.25) is 0 Å². The molecule has 0 spiro atoms. The molecule has 1 amide bonds. The number of carbonyl (C=O) groups is 1. The molecule has 3 aromatic rings. The van der Waals surface area contributed by atoms with Gasteiger partial charge in [0.2, 0.25) is 0 Å². The van der Waals surface area contributed by atoms with E-state index in [-0.39, 0.29) is 5.91 Å². The Morgan fingerprint density at radius 1 is 1.32 bits per heavy atom. The number of anilines is 1. The number of hydrogen-bond acceptors (Lipinski definition) is 4. The number of methoxy groups -OCH3 is 1. The third-order valence-electron chi connectivity index (χ3n) is 4.52. The molecule has 1 aliphatic carbocycles. The maximum atomic E-state index is 12.9. The second-order valence-electron chi connectivity index (χ2n) is 6.25. The normalized spacial score (nSPS) is 13.8. The van der Waals surface area contributed by atoms with Gasteiger partial charge in [-0.25, -0.2) is 9.67 Å². The van der Waals surface area contributed by atoms with Gasteiger partial charge in [0.05, 0.1) is 24.3 Å². The van der Waals surface area contributed by atoms with Crippen molar-refractivity contribution in [2.45, 2.75) is 32.2 Å². The van der Waals surface area contributed by atoms with E-state index in [4.69, 9.17) is 9.72 Å². The molecule has 25 heavy (non-hydrogen) atoms. The number of nitrogens with one attached hydrogen (secondary N) is 1. The molecule has 2 heterocycles. The van der Waals surface area contributed by atoms with Gasteiger partial charge in [-0.2, -0.15) is 5.10 Å². The average Bonchev–Trinajstić information content (AvgIpc) is 3.41. The summed E-state index contributed by atoms with van der Waals surface area (Å²) in [5.41, 5.74) is 3.13. The van der Waals surface area contributed by atoms with Crippen molar-refractivity contribution in [2.75, 3.05) is 12.4 Å². The molecule has 0 aliphatic heterocycles. The van der Waals surface area contributed by atoms with Gasteiger partial charge in [0.25, 0.3) is 5.91 Å². The Kier molecular flexibility index (Phi) is 3.87. The van der Waals surface area contributed by atoms with Crippen molar-refractivity contribution in [3.8, 4) is 5.75 Å². The van der Waals surface area contributed by atoms with E-state index in [0.29, 0.717) is 11.5 Å². The van der Waals surface area contributed by atoms with Gasteiger partial charge in [-0.1, -0.05) is 0 Å². The van der Waals surface area contributed by atoms with Gasteiger partial charge in [-0.3, -0.25) is 4.79 Å². The Morgan fingerprint density at radius 3 is 2.72 bits per heavy atom. The zero-order valence-electron chi connectivity index (χ0n) is 14.3. The number of aryl methyl sites for hydroxylation is 1. The fourth-order valence-corrected chi connectivity index (χ4v) is 2.95. The third-order valence-corrected chi connectivity index (χ3v) is 4.52. The van der Waals surface area contributed by atoms with E-state index in [9.17, 15) is 4.79 Å². The number of carbonyl (C=O) groups excluding carboxylic acids is 1. The Bertz CT molecular complexity index is 926. The number of rotatable bonds is 5. The predicted octanol–water partition coefficient (Wildman–Crippen LogP) is 3.59. The van der Waals surface area contributed by atoms with Crippen LogP contribution < -0.4 is 10.1 Å². The van der Waals surface area contributed by atoms with Crippen molar-refractivity contribution in [1.29, 1.82) is 0 Å². The molecule has 1 N–H and O–H groups in total. The first-order valence-electron chi connectivity index (χ1n) is 8.51. The minimum atomic E-state index is -0.143.